The summed E-state index contributed by atoms with van der Waals surface area (Å²) in [5.74, 6) is -1.10. The Balaban J connectivity index is 1.98. The number of hydrogen-bond acceptors (Lipinski definition) is 5. The Kier molecular flexibility index (Phi) is 6.11. The number of nitrogens with zero attached hydrogens (tertiary/aromatic N) is 4. The molecule has 2 aromatic carbocycles. The largest absolute Gasteiger partial charge is 0.476 e. The maximum Gasteiger partial charge on any atom is 0.357 e. The predicted octanol–water partition coefficient (Wildman–Crippen LogP) is 3.94. The van der Waals surface area contributed by atoms with Crippen molar-refractivity contribution in [3.63, 3.8) is 0 Å². The Morgan fingerprint density at radius 3 is 2.12 bits per heavy atom. The second kappa shape index (κ2) is 9.02. The van der Waals surface area contributed by atoms with Gasteiger partial charge in [0.2, 0.25) is 0 Å². The van der Waals surface area contributed by atoms with Gasteiger partial charge in [-0.15, -0.1) is 0 Å². The fraction of sp³-hybridized carbons (Fsp3) is 0.222. The minimum Gasteiger partial charge on any atom is -0.476 e. The molecule has 1 N–H and O–H groups in total. The molecule has 1 aliphatic carbocycles. The van der Waals surface area contributed by atoms with Crippen molar-refractivity contribution in [1.29, 1.82) is 0 Å². The first-order chi connectivity index (χ1) is 16.3. The summed E-state index contributed by atoms with van der Waals surface area (Å²) in [4.78, 5) is 27.0. The van der Waals surface area contributed by atoms with E-state index in [2.05, 4.69) is 57.4 Å². The number of rotatable bonds is 7. The lowest BCUT2D eigenvalue weighted by Gasteiger charge is -2.36. The third kappa shape index (κ3) is 4.01. The van der Waals surface area contributed by atoms with Crippen LogP contribution in [0.15, 0.2) is 60.7 Å². The SMILES string of the molecule is CN(C)c1cccc(C2(c3cccc(N(C)C)c3)C=Cc3c(C(=O)O)nn(C=CC=O)c3C2)c1. The van der Waals surface area contributed by atoms with E-state index in [0.717, 1.165) is 28.2 Å². The number of aromatic carboxylic acids is 1. The van der Waals surface area contributed by atoms with Crippen LogP contribution in [0.1, 0.15) is 32.9 Å². The summed E-state index contributed by atoms with van der Waals surface area (Å²) in [5, 5.41) is 14.0. The number of carboxylic acid groups (broad SMARTS) is 1. The highest BCUT2D eigenvalue weighted by Gasteiger charge is 2.38. The van der Waals surface area contributed by atoms with E-state index in [-0.39, 0.29) is 5.69 Å². The molecule has 34 heavy (non-hydrogen) atoms. The van der Waals surface area contributed by atoms with Crippen molar-refractivity contribution >= 4 is 35.9 Å². The number of allylic oxidation sites excluding steroid dienone is 2. The average molecular weight is 457 g/mol. The Morgan fingerprint density at radius 1 is 1.03 bits per heavy atom. The van der Waals surface area contributed by atoms with Gasteiger partial charge in [0.25, 0.3) is 0 Å². The Bertz CT molecular complexity index is 1250. The molecule has 0 spiro atoms. The molecule has 7 heteroatoms. The van der Waals surface area contributed by atoms with E-state index in [1.165, 1.54) is 17.0 Å². The number of aromatic nitrogens is 2. The average Bonchev–Trinajstić information content (AvgIpc) is 3.20. The molecular formula is C27H28N4O3. The van der Waals surface area contributed by atoms with Crippen LogP contribution >= 0.6 is 0 Å². The zero-order valence-electron chi connectivity index (χ0n) is 19.8. The lowest BCUT2D eigenvalue weighted by Crippen LogP contribution is -2.32. The third-order valence-corrected chi connectivity index (χ3v) is 6.29. The van der Waals surface area contributed by atoms with E-state index < -0.39 is 11.4 Å². The molecule has 0 unspecified atom stereocenters. The van der Waals surface area contributed by atoms with Gasteiger partial charge in [0, 0.05) is 63.2 Å². The number of carboxylic acids is 1. The van der Waals surface area contributed by atoms with Crippen LogP contribution < -0.4 is 9.80 Å². The highest BCUT2D eigenvalue weighted by Crippen LogP contribution is 2.44. The Hall–Kier alpha value is -4.13. The summed E-state index contributed by atoms with van der Waals surface area (Å²) in [7, 11) is 8.02. The van der Waals surface area contributed by atoms with Gasteiger partial charge in [0.1, 0.15) is 6.29 Å². The van der Waals surface area contributed by atoms with Crippen molar-refractivity contribution in [2.24, 2.45) is 0 Å². The highest BCUT2D eigenvalue weighted by atomic mass is 16.4. The van der Waals surface area contributed by atoms with Gasteiger partial charge in [0.15, 0.2) is 5.69 Å². The number of hydrogen-bond donors (Lipinski definition) is 1. The molecule has 4 rings (SSSR count). The summed E-state index contributed by atoms with van der Waals surface area (Å²) in [6.45, 7) is 0. The van der Waals surface area contributed by atoms with Crippen molar-refractivity contribution in [1.82, 2.24) is 9.78 Å². The van der Waals surface area contributed by atoms with Gasteiger partial charge in [0.05, 0.1) is 5.69 Å². The molecule has 0 radical (unpaired) electrons. The Morgan fingerprint density at radius 2 is 1.62 bits per heavy atom. The zero-order valence-corrected chi connectivity index (χ0v) is 19.8. The van der Waals surface area contributed by atoms with Crippen LogP contribution in [0, 0.1) is 0 Å². The minimum atomic E-state index is -1.10. The van der Waals surface area contributed by atoms with E-state index in [9.17, 15) is 14.7 Å². The van der Waals surface area contributed by atoms with Gasteiger partial charge in [-0.3, -0.25) is 4.79 Å². The summed E-state index contributed by atoms with van der Waals surface area (Å²) >= 11 is 0. The van der Waals surface area contributed by atoms with Crippen molar-refractivity contribution < 1.29 is 14.7 Å². The van der Waals surface area contributed by atoms with Gasteiger partial charge < -0.3 is 14.9 Å². The molecule has 3 aromatic rings. The summed E-state index contributed by atoms with van der Waals surface area (Å²) < 4.78 is 1.51. The first-order valence-corrected chi connectivity index (χ1v) is 11.0. The zero-order chi connectivity index (χ0) is 24.5. The Labute approximate surface area is 199 Å². The van der Waals surface area contributed by atoms with Crippen LogP contribution in [0.2, 0.25) is 0 Å². The van der Waals surface area contributed by atoms with E-state index in [1.807, 2.05) is 46.4 Å². The number of carbonyl (C=O) groups excluding carboxylic acids is 1. The molecule has 7 nitrogen and oxygen atoms in total. The second-order valence-corrected chi connectivity index (χ2v) is 8.81. The standard InChI is InChI=1S/C27H28N4O3/c1-29(2)21-10-5-8-19(16-21)27(20-9-6-11-22(17-20)30(3)4)13-12-23-24(18-27)31(14-7-15-32)28-25(23)26(33)34/h5-17H,18H2,1-4H3,(H,33,34). The van der Waals surface area contributed by atoms with Gasteiger partial charge in [-0.05, 0) is 41.5 Å². The highest BCUT2D eigenvalue weighted by molar-refractivity contribution is 5.91. The van der Waals surface area contributed by atoms with Crippen LogP contribution in [-0.4, -0.2) is 55.3 Å². The van der Waals surface area contributed by atoms with Gasteiger partial charge in [-0.2, -0.15) is 5.10 Å². The molecular weight excluding hydrogens is 428 g/mol. The molecule has 1 aromatic heterocycles. The quantitative estimate of drug-likeness (QED) is 0.429. The van der Waals surface area contributed by atoms with E-state index in [1.54, 1.807) is 0 Å². The molecule has 1 aliphatic rings. The smallest absolute Gasteiger partial charge is 0.357 e. The second-order valence-electron chi connectivity index (χ2n) is 8.81. The maximum atomic E-state index is 11.9. The number of fused-ring (bicyclic) bond motifs is 1. The normalized spacial score (nSPS) is 14.1. The van der Waals surface area contributed by atoms with Crippen molar-refractivity contribution in [2.75, 3.05) is 38.0 Å². The van der Waals surface area contributed by atoms with E-state index >= 15 is 0 Å². The first kappa shape index (κ1) is 23.0. The lowest BCUT2D eigenvalue weighted by atomic mass is 9.68. The molecule has 0 atom stereocenters. The van der Waals surface area contributed by atoms with Crippen LogP contribution in [0.4, 0.5) is 11.4 Å². The van der Waals surface area contributed by atoms with Gasteiger partial charge in [-0.1, -0.05) is 36.4 Å². The molecule has 0 saturated carbocycles. The molecule has 1 heterocycles. The predicted molar refractivity (Wildman–Crippen MR) is 136 cm³/mol. The third-order valence-electron chi connectivity index (χ3n) is 6.29. The maximum absolute atomic E-state index is 11.9. The topological polar surface area (TPSA) is 78.7 Å². The fourth-order valence-corrected chi connectivity index (χ4v) is 4.47. The molecule has 0 aliphatic heterocycles. The molecule has 174 valence electrons. The minimum absolute atomic E-state index is 0.0283. The van der Waals surface area contributed by atoms with Gasteiger partial charge >= 0.3 is 5.97 Å². The number of carbonyl (C=O) groups is 2. The van der Waals surface area contributed by atoms with Crippen molar-refractivity contribution in [2.45, 2.75) is 11.8 Å². The van der Waals surface area contributed by atoms with Crippen LogP contribution in [0.5, 0.6) is 0 Å². The van der Waals surface area contributed by atoms with E-state index in [4.69, 9.17) is 0 Å². The number of benzene rings is 2. The number of aldehydes is 1. The van der Waals surface area contributed by atoms with Crippen LogP contribution in [0.3, 0.4) is 0 Å². The molecule has 0 bridgehead atoms. The summed E-state index contributed by atoms with van der Waals surface area (Å²) in [5.41, 5.74) is 5.02. The van der Waals surface area contributed by atoms with Crippen LogP contribution in [0.25, 0.3) is 12.3 Å². The van der Waals surface area contributed by atoms with Crippen molar-refractivity contribution in [3.05, 3.63) is 88.8 Å². The van der Waals surface area contributed by atoms with Gasteiger partial charge in [-0.25, -0.2) is 9.48 Å². The summed E-state index contributed by atoms with van der Waals surface area (Å²) in [6.07, 6.45) is 7.90. The van der Waals surface area contributed by atoms with E-state index in [0.29, 0.717) is 18.3 Å². The van der Waals surface area contributed by atoms with Crippen molar-refractivity contribution in [3.8, 4) is 0 Å². The lowest BCUT2D eigenvalue weighted by molar-refractivity contribution is -0.104. The number of anilines is 2. The molecule has 0 amide bonds. The molecule has 0 fully saturated rings. The first-order valence-electron chi connectivity index (χ1n) is 11.0. The molecule has 0 saturated heterocycles. The van der Waals surface area contributed by atoms with Crippen LogP contribution in [-0.2, 0) is 16.6 Å². The fourth-order valence-electron chi connectivity index (χ4n) is 4.47. The monoisotopic (exact) mass is 456 g/mol. The summed E-state index contributed by atoms with van der Waals surface area (Å²) in [6, 6.07) is 16.7.